The predicted octanol–water partition coefficient (Wildman–Crippen LogP) is 4.10. The average Bonchev–Trinajstić information content (AvgIpc) is 2.79. The molecule has 0 bridgehead atoms. The van der Waals surface area contributed by atoms with E-state index < -0.39 is 0 Å². The summed E-state index contributed by atoms with van der Waals surface area (Å²) in [6.07, 6.45) is 5.27. The second kappa shape index (κ2) is 9.31. The molecule has 1 aliphatic rings. The van der Waals surface area contributed by atoms with Gasteiger partial charge < -0.3 is 20.7 Å². The van der Waals surface area contributed by atoms with Crippen LogP contribution < -0.4 is 20.7 Å². The molecule has 0 spiro atoms. The number of nitrogens with zero attached hydrogens (tertiary/aromatic N) is 2. The van der Waals surface area contributed by atoms with Crippen LogP contribution in [0.4, 0.5) is 17.1 Å². The molecule has 3 N–H and O–H groups in total. The van der Waals surface area contributed by atoms with E-state index in [-0.39, 0.29) is 11.8 Å². The molecule has 6 nitrogen and oxygen atoms in total. The maximum atomic E-state index is 12.7. The molecule has 0 aliphatic carbocycles. The van der Waals surface area contributed by atoms with Crippen molar-refractivity contribution in [1.82, 2.24) is 4.98 Å². The predicted molar refractivity (Wildman–Crippen MR) is 119 cm³/mol. The van der Waals surface area contributed by atoms with Gasteiger partial charge in [0.25, 0.3) is 0 Å². The first-order valence-electron chi connectivity index (χ1n) is 10.2. The fourth-order valence-corrected chi connectivity index (χ4v) is 3.71. The molecule has 154 valence electrons. The Bertz CT molecular complexity index is 985. The number of pyridine rings is 1. The summed E-state index contributed by atoms with van der Waals surface area (Å²) in [5.74, 6) is 0.792. The van der Waals surface area contributed by atoms with Gasteiger partial charge in [0.15, 0.2) is 0 Å². The smallest absolute Gasteiger partial charge is 0.227 e. The van der Waals surface area contributed by atoms with Crippen molar-refractivity contribution in [1.29, 1.82) is 0 Å². The van der Waals surface area contributed by atoms with E-state index in [0.29, 0.717) is 18.0 Å². The lowest BCUT2D eigenvalue weighted by Gasteiger charge is -2.32. The number of rotatable bonds is 6. The van der Waals surface area contributed by atoms with Crippen LogP contribution in [0, 0.1) is 5.92 Å². The van der Waals surface area contributed by atoms with Crippen molar-refractivity contribution >= 4 is 23.0 Å². The van der Waals surface area contributed by atoms with E-state index in [1.165, 1.54) is 0 Å². The summed E-state index contributed by atoms with van der Waals surface area (Å²) in [7, 11) is 0. The van der Waals surface area contributed by atoms with Gasteiger partial charge in [-0.05, 0) is 54.8 Å². The first-order valence-corrected chi connectivity index (χ1v) is 10.2. The van der Waals surface area contributed by atoms with Gasteiger partial charge in [0.2, 0.25) is 5.91 Å². The van der Waals surface area contributed by atoms with Gasteiger partial charge in [0.05, 0.1) is 0 Å². The molecule has 1 aromatic heterocycles. The van der Waals surface area contributed by atoms with Gasteiger partial charge in [0.1, 0.15) is 12.4 Å². The number of benzene rings is 2. The number of nitrogen functional groups attached to an aromatic ring is 1. The number of nitrogens with one attached hydrogen (secondary N) is 1. The van der Waals surface area contributed by atoms with Gasteiger partial charge in [-0.2, -0.15) is 0 Å². The molecule has 2 heterocycles. The minimum absolute atomic E-state index is 0.0138. The molecule has 1 amide bonds. The molecule has 0 unspecified atom stereocenters. The molecule has 30 heavy (non-hydrogen) atoms. The Labute approximate surface area is 176 Å². The third-order valence-electron chi connectivity index (χ3n) is 5.35. The van der Waals surface area contributed by atoms with Crippen LogP contribution in [0.2, 0.25) is 0 Å². The highest BCUT2D eigenvalue weighted by atomic mass is 16.5. The molecule has 1 saturated heterocycles. The first kappa shape index (κ1) is 19.8. The number of hydrogen-bond donors (Lipinski definition) is 2. The molecule has 1 fully saturated rings. The van der Waals surface area contributed by atoms with Crippen LogP contribution in [0.5, 0.6) is 5.75 Å². The van der Waals surface area contributed by atoms with Crippen LogP contribution in [-0.2, 0) is 11.4 Å². The Morgan fingerprint density at radius 2 is 1.83 bits per heavy atom. The van der Waals surface area contributed by atoms with Crippen molar-refractivity contribution in [2.75, 3.05) is 29.0 Å². The third kappa shape index (κ3) is 5.08. The van der Waals surface area contributed by atoms with Gasteiger partial charge in [0, 0.05) is 54.5 Å². The van der Waals surface area contributed by atoms with Crippen LogP contribution in [0.15, 0.2) is 73.1 Å². The van der Waals surface area contributed by atoms with E-state index in [4.69, 9.17) is 10.5 Å². The van der Waals surface area contributed by atoms with Crippen LogP contribution >= 0.6 is 0 Å². The topological polar surface area (TPSA) is 80.5 Å². The summed E-state index contributed by atoms with van der Waals surface area (Å²) in [6.45, 7) is 2.16. The summed E-state index contributed by atoms with van der Waals surface area (Å²) < 4.78 is 5.86. The van der Waals surface area contributed by atoms with Crippen molar-refractivity contribution < 1.29 is 9.53 Å². The minimum Gasteiger partial charge on any atom is -0.489 e. The Morgan fingerprint density at radius 3 is 2.60 bits per heavy atom. The maximum absolute atomic E-state index is 12.7. The molecule has 0 atom stereocenters. The SMILES string of the molecule is Nc1cccc(COc2cccc(NC(=O)C3CCN(c4ccncc4)CC3)c2)c1. The molecular formula is C24H26N4O2. The summed E-state index contributed by atoms with van der Waals surface area (Å²) in [6, 6.07) is 19.2. The van der Waals surface area contributed by atoms with Crippen LogP contribution in [0.1, 0.15) is 18.4 Å². The Balaban J connectivity index is 1.30. The van der Waals surface area contributed by atoms with Crippen molar-refractivity contribution in [3.05, 3.63) is 78.6 Å². The molecule has 4 rings (SSSR count). The highest BCUT2D eigenvalue weighted by molar-refractivity contribution is 5.92. The summed E-state index contributed by atoms with van der Waals surface area (Å²) >= 11 is 0. The second-order valence-electron chi connectivity index (χ2n) is 7.52. The van der Waals surface area contributed by atoms with Gasteiger partial charge in [-0.1, -0.05) is 18.2 Å². The van der Waals surface area contributed by atoms with Gasteiger partial charge >= 0.3 is 0 Å². The highest BCUT2D eigenvalue weighted by Gasteiger charge is 2.25. The number of amides is 1. The largest absolute Gasteiger partial charge is 0.489 e. The molecule has 0 saturated carbocycles. The molecule has 0 radical (unpaired) electrons. The lowest BCUT2D eigenvalue weighted by atomic mass is 9.95. The third-order valence-corrected chi connectivity index (χ3v) is 5.35. The normalized spacial score (nSPS) is 14.3. The Morgan fingerprint density at radius 1 is 1.07 bits per heavy atom. The average molecular weight is 402 g/mol. The van der Waals surface area contributed by atoms with Crippen molar-refractivity contribution in [3.8, 4) is 5.75 Å². The number of ether oxygens (including phenoxy) is 1. The zero-order valence-corrected chi connectivity index (χ0v) is 16.8. The number of carbonyl (C=O) groups excluding carboxylic acids is 1. The quantitative estimate of drug-likeness (QED) is 0.607. The van der Waals surface area contributed by atoms with Crippen molar-refractivity contribution in [2.45, 2.75) is 19.4 Å². The summed E-state index contributed by atoms with van der Waals surface area (Å²) in [5.41, 5.74) is 9.44. The zero-order chi connectivity index (χ0) is 20.8. The molecule has 6 heteroatoms. The lowest BCUT2D eigenvalue weighted by Crippen LogP contribution is -2.38. The fraction of sp³-hybridized carbons (Fsp3) is 0.250. The van der Waals surface area contributed by atoms with Crippen molar-refractivity contribution in [3.63, 3.8) is 0 Å². The summed E-state index contributed by atoms with van der Waals surface area (Å²) in [5, 5.41) is 3.05. The molecule has 3 aromatic rings. The number of nitrogens with two attached hydrogens (primary N) is 1. The van der Waals surface area contributed by atoms with Crippen molar-refractivity contribution in [2.24, 2.45) is 5.92 Å². The number of aromatic nitrogens is 1. The molecule has 1 aliphatic heterocycles. The minimum atomic E-state index is 0.0138. The fourth-order valence-electron chi connectivity index (χ4n) is 3.71. The zero-order valence-electron chi connectivity index (χ0n) is 16.8. The van der Waals surface area contributed by atoms with Crippen LogP contribution in [0.25, 0.3) is 0 Å². The Hall–Kier alpha value is -3.54. The highest BCUT2D eigenvalue weighted by Crippen LogP contribution is 2.25. The summed E-state index contributed by atoms with van der Waals surface area (Å²) in [4.78, 5) is 19.1. The van der Waals surface area contributed by atoms with Gasteiger partial charge in [-0.15, -0.1) is 0 Å². The van der Waals surface area contributed by atoms with E-state index in [1.807, 2.05) is 60.7 Å². The first-order chi connectivity index (χ1) is 14.7. The monoisotopic (exact) mass is 402 g/mol. The van der Waals surface area contributed by atoms with E-state index in [1.54, 1.807) is 12.4 Å². The lowest BCUT2D eigenvalue weighted by molar-refractivity contribution is -0.120. The van der Waals surface area contributed by atoms with Crippen LogP contribution in [-0.4, -0.2) is 24.0 Å². The van der Waals surface area contributed by atoms with Gasteiger partial charge in [-0.3, -0.25) is 9.78 Å². The van der Waals surface area contributed by atoms with E-state index >= 15 is 0 Å². The van der Waals surface area contributed by atoms with Crippen LogP contribution in [0.3, 0.4) is 0 Å². The Kier molecular flexibility index (Phi) is 6.13. The van der Waals surface area contributed by atoms with E-state index in [9.17, 15) is 4.79 Å². The number of anilines is 3. The van der Waals surface area contributed by atoms with E-state index in [0.717, 1.165) is 42.9 Å². The molecular weight excluding hydrogens is 376 g/mol. The number of hydrogen-bond acceptors (Lipinski definition) is 5. The van der Waals surface area contributed by atoms with Gasteiger partial charge in [-0.25, -0.2) is 0 Å². The van der Waals surface area contributed by atoms with E-state index in [2.05, 4.69) is 15.2 Å². The number of piperidine rings is 1. The maximum Gasteiger partial charge on any atom is 0.227 e. The standard InChI is InChI=1S/C24H26N4O2/c25-20-4-1-3-18(15-20)17-30-23-6-2-5-21(16-23)27-24(29)19-9-13-28(14-10-19)22-7-11-26-12-8-22/h1-8,11-12,15-16,19H,9-10,13-14,17,25H2,(H,27,29). The molecule has 2 aromatic carbocycles. The second-order valence-corrected chi connectivity index (χ2v) is 7.52. The number of carbonyl (C=O) groups is 1.